The lowest BCUT2D eigenvalue weighted by atomic mass is 10.1. The summed E-state index contributed by atoms with van der Waals surface area (Å²) in [5, 5.41) is 4.94. The summed E-state index contributed by atoms with van der Waals surface area (Å²) in [5.41, 5.74) is 3.94. The molecule has 2 aliphatic rings. The molecule has 2 aliphatic heterocycles. The monoisotopic (exact) mass is 637 g/mol. The van der Waals surface area contributed by atoms with E-state index in [4.69, 9.17) is 14.2 Å². The molecule has 0 aromatic heterocycles. The number of amides is 4. The molecular formula is C29H24BrN3O7S. The van der Waals surface area contributed by atoms with Crippen molar-refractivity contribution in [2.45, 2.75) is 13.8 Å². The van der Waals surface area contributed by atoms with Crippen molar-refractivity contribution in [3.05, 3.63) is 80.7 Å². The summed E-state index contributed by atoms with van der Waals surface area (Å²) < 4.78 is 16.9. The molecule has 3 aromatic rings. The van der Waals surface area contributed by atoms with Crippen molar-refractivity contribution in [2.75, 3.05) is 30.6 Å². The first-order valence-corrected chi connectivity index (χ1v) is 14.0. The van der Waals surface area contributed by atoms with Crippen LogP contribution in [0.3, 0.4) is 0 Å². The van der Waals surface area contributed by atoms with Crippen molar-refractivity contribution in [3.63, 3.8) is 0 Å². The fourth-order valence-corrected chi connectivity index (χ4v) is 5.37. The summed E-state index contributed by atoms with van der Waals surface area (Å²) in [6, 6.07) is 15.5. The van der Waals surface area contributed by atoms with Crippen molar-refractivity contribution in [2.24, 2.45) is 0 Å². The maximum atomic E-state index is 12.8. The third-order valence-electron chi connectivity index (χ3n) is 6.24. The zero-order chi connectivity index (χ0) is 29.1. The number of ether oxygens (including phenoxy) is 3. The number of imide groups is 1. The van der Waals surface area contributed by atoms with Gasteiger partial charge in [-0.15, -0.1) is 0 Å². The predicted molar refractivity (Wildman–Crippen MR) is 158 cm³/mol. The van der Waals surface area contributed by atoms with E-state index < -0.39 is 23.6 Å². The Kier molecular flexibility index (Phi) is 8.31. The fourth-order valence-electron chi connectivity index (χ4n) is 3.98. The second-order valence-electron chi connectivity index (χ2n) is 9.21. The molecule has 3 aromatic carbocycles. The average molecular weight is 638 g/mol. The number of hydrogen-bond donors (Lipinski definition) is 2. The SMILES string of the molecule is Cc1cc(Br)c(NC(=O)COc2ccc(/C=C3/SC(=O)N(CC(=O)Nc4ccc5c(c4)OCO5)C3=O)cc2)cc1C. The van der Waals surface area contributed by atoms with Crippen LogP contribution in [0.15, 0.2) is 64.0 Å². The van der Waals surface area contributed by atoms with Crippen LogP contribution in [-0.4, -0.2) is 47.8 Å². The molecule has 2 N–H and O–H groups in total. The van der Waals surface area contributed by atoms with E-state index in [1.807, 2.05) is 26.0 Å². The maximum Gasteiger partial charge on any atom is 0.294 e. The lowest BCUT2D eigenvalue weighted by Crippen LogP contribution is -2.36. The molecule has 1 saturated heterocycles. The molecule has 10 nitrogen and oxygen atoms in total. The first-order chi connectivity index (χ1) is 19.7. The van der Waals surface area contributed by atoms with Gasteiger partial charge >= 0.3 is 0 Å². The van der Waals surface area contributed by atoms with Crippen molar-refractivity contribution in [3.8, 4) is 17.2 Å². The number of halogens is 1. The zero-order valence-electron chi connectivity index (χ0n) is 22.0. The molecule has 0 unspecified atom stereocenters. The van der Waals surface area contributed by atoms with E-state index in [-0.39, 0.29) is 24.2 Å². The van der Waals surface area contributed by atoms with Crippen LogP contribution in [0.1, 0.15) is 16.7 Å². The van der Waals surface area contributed by atoms with Gasteiger partial charge in [-0.3, -0.25) is 24.1 Å². The number of anilines is 2. The summed E-state index contributed by atoms with van der Waals surface area (Å²) in [4.78, 5) is 51.3. The first kappa shape index (κ1) is 28.2. The van der Waals surface area contributed by atoms with E-state index in [9.17, 15) is 19.2 Å². The Balaban J connectivity index is 1.14. The van der Waals surface area contributed by atoms with Crippen molar-refractivity contribution < 1.29 is 33.4 Å². The maximum absolute atomic E-state index is 12.8. The lowest BCUT2D eigenvalue weighted by molar-refractivity contribution is -0.127. The zero-order valence-corrected chi connectivity index (χ0v) is 24.4. The molecule has 0 bridgehead atoms. The van der Waals surface area contributed by atoms with Crippen LogP contribution in [0.4, 0.5) is 16.2 Å². The minimum atomic E-state index is -0.560. The van der Waals surface area contributed by atoms with E-state index in [2.05, 4.69) is 26.6 Å². The Morgan fingerprint density at radius 2 is 1.71 bits per heavy atom. The highest BCUT2D eigenvalue weighted by Crippen LogP contribution is 2.35. The molecule has 210 valence electrons. The van der Waals surface area contributed by atoms with Gasteiger partial charge in [0.2, 0.25) is 12.7 Å². The van der Waals surface area contributed by atoms with Gasteiger partial charge < -0.3 is 24.8 Å². The fraction of sp³-hybridized carbons (Fsp3) is 0.172. The molecule has 0 radical (unpaired) electrons. The van der Waals surface area contributed by atoms with Gasteiger partial charge in [0.1, 0.15) is 12.3 Å². The molecule has 0 saturated carbocycles. The smallest absolute Gasteiger partial charge is 0.294 e. The number of fused-ring (bicyclic) bond motifs is 1. The third kappa shape index (κ3) is 6.72. The molecule has 2 heterocycles. The number of rotatable bonds is 8. The Morgan fingerprint density at radius 3 is 2.49 bits per heavy atom. The lowest BCUT2D eigenvalue weighted by Gasteiger charge is -2.12. The van der Waals surface area contributed by atoms with Gasteiger partial charge in [-0.05, 0) is 101 Å². The number of aryl methyl sites for hydroxylation is 2. The highest BCUT2D eigenvalue weighted by atomic mass is 79.9. The van der Waals surface area contributed by atoms with E-state index in [1.54, 1.807) is 48.5 Å². The van der Waals surface area contributed by atoms with Crippen LogP contribution in [0, 0.1) is 13.8 Å². The quantitative estimate of drug-likeness (QED) is 0.311. The standard InChI is InChI=1S/C29H24BrN3O7S/c1-16-9-21(30)22(10-17(16)2)32-27(35)14-38-20-6-3-18(4-7-20)11-25-28(36)33(29(37)41-25)13-26(34)31-19-5-8-23-24(12-19)40-15-39-23/h3-12H,13-15H2,1-2H3,(H,31,34)(H,32,35)/b25-11+. The summed E-state index contributed by atoms with van der Waals surface area (Å²) in [5.74, 6) is 0.144. The normalized spacial score (nSPS) is 14.9. The summed E-state index contributed by atoms with van der Waals surface area (Å²) >= 11 is 4.21. The number of nitrogens with zero attached hydrogens (tertiary/aromatic N) is 1. The van der Waals surface area contributed by atoms with Crippen LogP contribution in [-0.2, 0) is 14.4 Å². The van der Waals surface area contributed by atoms with Gasteiger partial charge in [-0.25, -0.2) is 0 Å². The minimum absolute atomic E-state index is 0.107. The van der Waals surface area contributed by atoms with Gasteiger partial charge in [0.25, 0.3) is 17.1 Å². The number of thioether (sulfide) groups is 1. The second kappa shape index (κ2) is 12.1. The summed E-state index contributed by atoms with van der Waals surface area (Å²) in [7, 11) is 0. The van der Waals surface area contributed by atoms with E-state index in [0.717, 1.165) is 32.3 Å². The van der Waals surface area contributed by atoms with Crippen LogP contribution in [0.5, 0.6) is 17.2 Å². The topological polar surface area (TPSA) is 123 Å². The van der Waals surface area contributed by atoms with Crippen LogP contribution in [0.2, 0.25) is 0 Å². The summed E-state index contributed by atoms with van der Waals surface area (Å²) in [6.45, 7) is 3.45. The van der Waals surface area contributed by atoms with E-state index in [1.165, 1.54) is 0 Å². The Labute approximate surface area is 248 Å². The largest absolute Gasteiger partial charge is 0.484 e. The number of hydrogen-bond acceptors (Lipinski definition) is 8. The van der Waals surface area contributed by atoms with Gasteiger partial charge in [0.05, 0.1) is 10.6 Å². The molecule has 1 fully saturated rings. The average Bonchev–Trinajstić information content (AvgIpc) is 3.51. The Morgan fingerprint density at radius 1 is 0.976 bits per heavy atom. The van der Waals surface area contributed by atoms with Gasteiger partial charge in [-0.2, -0.15) is 0 Å². The van der Waals surface area contributed by atoms with Crippen molar-refractivity contribution >= 4 is 68.1 Å². The molecular weight excluding hydrogens is 614 g/mol. The van der Waals surface area contributed by atoms with Crippen LogP contribution < -0.4 is 24.8 Å². The molecule has 0 atom stereocenters. The number of benzene rings is 3. The van der Waals surface area contributed by atoms with Gasteiger partial charge in [0.15, 0.2) is 18.1 Å². The van der Waals surface area contributed by atoms with E-state index in [0.29, 0.717) is 34.2 Å². The van der Waals surface area contributed by atoms with Crippen molar-refractivity contribution in [1.29, 1.82) is 0 Å². The second-order valence-corrected chi connectivity index (χ2v) is 11.1. The molecule has 5 rings (SSSR count). The van der Waals surface area contributed by atoms with E-state index >= 15 is 0 Å². The first-order valence-electron chi connectivity index (χ1n) is 12.4. The molecule has 0 aliphatic carbocycles. The minimum Gasteiger partial charge on any atom is -0.484 e. The van der Waals surface area contributed by atoms with Gasteiger partial charge in [-0.1, -0.05) is 12.1 Å². The third-order valence-corrected chi connectivity index (χ3v) is 7.80. The number of nitrogens with one attached hydrogen (secondary N) is 2. The van der Waals surface area contributed by atoms with Gasteiger partial charge in [0, 0.05) is 16.2 Å². The molecule has 41 heavy (non-hydrogen) atoms. The Hall–Kier alpha value is -4.29. The Bertz CT molecular complexity index is 1590. The highest BCUT2D eigenvalue weighted by Gasteiger charge is 2.36. The number of carbonyl (C=O) groups excluding carboxylic acids is 4. The van der Waals surface area contributed by atoms with Crippen LogP contribution in [0.25, 0.3) is 6.08 Å². The molecule has 0 spiro atoms. The van der Waals surface area contributed by atoms with Crippen LogP contribution >= 0.6 is 27.7 Å². The predicted octanol–water partition coefficient (Wildman–Crippen LogP) is 5.49. The highest BCUT2D eigenvalue weighted by molar-refractivity contribution is 9.10. The summed E-state index contributed by atoms with van der Waals surface area (Å²) in [6.07, 6.45) is 1.56. The number of carbonyl (C=O) groups is 4. The molecule has 4 amide bonds. The van der Waals surface area contributed by atoms with Crippen molar-refractivity contribution in [1.82, 2.24) is 4.90 Å². The molecule has 12 heteroatoms.